The van der Waals surface area contributed by atoms with E-state index in [-0.39, 0.29) is 6.04 Å². The number of nitrogens with zero attached hydrogens (tertiary/aromatic N) is 1. The summed E-state index contributed by atoms with van der Waals surface area (Å²) in [7, 11) is 0. The first-order chi connectivity index (χ1) is 7.16. The predicted octanol–water partition coefficient (Wildman–Crippen LogP) is 3.12. The van der Waals surface area contributed by atoms with E-state index in [1.165, 1.54) is 22.0 Å². The average molecular weight is 242 g/mol. The first-order valence-corrected chi connectivity index (χ1v) is 7.39. The van der Waals surface area contributed by atoms with Crippen LogP contribution in [0.25, 0.3) is 0 Å². The van der Waals surface area contributed by atoms with Crippen molar-refractivity contribution in [3.05, 3.63) is 15.6 Å². The van der Waals surface area contributed by atoms with Gasteiger partial charge in [0.05, 0.1) is 5.69 Å². The molecule has 2 nitrogen and oxygen atoms in total. The Morgan fingerprint density at radius 1 is 1.60 bits per heavy atom. The van der Waals surface area contributed by atoms with Gasteiger partial charge >= 0.3 is 0 Å². The van der Waals surface area contributed by atoms with Crippen molar-refractivity contribution in [3.63, 3.8) is 0 Å². The Morgan fingerprint density at radius 2 is 2.40 bits per heavy atom. The fraction of sp³-hybridized carbons (Fsp3) is 0.727. The fourth-order valence-corrected chi connectivity index (χ4v) is 3.73. The SMILES string of the molecule is CC(C)SCc1nc2c(s1)C(N)CCC2. The van der Waals surface area contributed by atoms with Gasteiger partial charge in [0.25, 0.3) is 0 Å². The molecule has 1 aromatic rings. The molecule has 0 amide bonds. The maximum absolute atomic E-state index is 6.08. The third-order valence-corrected chi connectivity index (χ3v) is 5.10. The van der Waals surface area contributed by atoms with Gasteiger partial charge in [-0.15, -0.1) is 11.3 Å². The number of hydrogen-bond acceptors (Lipinski definition) is 4. The first kappa shape index (κ1) is 11.4. The standard InChI is InChI=1S/C11H18N2S2/c1-7(2)14-6-10-13-9-5-3-4-8(12)11(9)15-10/h7-8H,3-6,12H2,1-2H3. The van der Waals surface area contributed by atoms with Crippen LogP contribution in [0.15, 0.2) is 0 Å². The molecular weight excluding hydrogens is 224 g/mol. The van der Waals surface area contributed by atoms with E-state index >= 15 is 0 Å². The van der Waals surface area contributed by atoms with E-state index in [9.17, 15) is 0 Å². The highest BCUT2D eigenvalue weighted by Gasteiger charge is 2.21. The molecule has 0 fully saturated rings. The Bertz CT molecular complexity index is 333. The maximum Gasteiger partial charge on any atom is 0.103 e. The molecule has 2 rings (SSSR count). The van der Waals surface area contributed by atoms with Crippen molar-refractivity contribution in [2.45, 2.75) is 50.2 Å². The average Bonchev–Trinajstić information content (AvgIpc) is 2.59. The molecule has 4 heteroatoms. The molecule has 2 N–H and O–H groups in total. The van der Waals surface area contributed by atoms with E-state index in [0.717, 1.165) is 18.6 Å². The molecule has 1 aliphatic carbocycles. The Hall–Kier alpha value is -0.0600. The molecule has 1 heterocycles. The van der Waals surface area contributed by atoms with Gasteiger partial charge in [0.2, 0.25) is 0 Å². The number of rotatable bonds is 3. The summed E-state index contributed by atoms with van der Waals surface area (Å²) in [4.78, 5) is 6.04. The molecule has 0 bridgehead atoms. The normalized spacial score (nSPS) is 20.7. The summed E-state index contributed by atoms with van der Waals surface area (Å²) in [6.45, 7) is 4.45. The van der Waals surface area contributed by atoms with E-state index in [1.807, 2.05) is 23.1 Å². The summed E-state index contributed by atoms with van der Waals surface area (Å²) in [6.07, 6.45) is 3.46. The molecule has 84 valence electrons. The van der Waals surface area contributed by atoms with Crippen LogP contribution in [0.3, 0.4) is 0 Å². The summed E-state index contributed by atoms with van der Waals surface area (Å²) in [5, 5.41) is 1.94. The highest BCUT2D eigenvalue weighted by atomic mass is 32.2. The highest BCUT2D eigenvalue weighted by Crippen LogP contribution is 2.34. The lowest BCUT2D eigenvalue weighted by Gasteiger charge is -2.15. The number of nitrogens with two attached hydrogens (primary N) is 1. The van der Waals surface area contributed by atoms with E-state index in [1.54, 1.807) is 0 Å². The summed E-state index contributed by atoms with van der Waals surface area (Å²) in [5.41, 5.74) is 7.36. The molecule has 15 heavy (non-hydrogen) atoms. The van der Waals surface area contributed by atoms with Gasteiger partial charge in [0, 0.05) is 16.7 Å². The zero-order valence-electron chi connectivity index (χ0n) is 9.32. The van der Waals surface area contributed by atoms with Crippen LogP contribution in [0.4, 0.5) is 0 Å². The minimum absolute atomic E-state index is 0.254. The summed E-state index contributed by atoms with van der Waals surface area (Å²) in [5.74, 6) is 1.04. The summed E-state index contributed by atoms with van der Waals surface area (Å²) < 4.78 is 0. The second-order valence-corrected chi connectivity index (χ2v) is 6.96. The molecule has 0 spiro atoms. The zero-order chi connectivity index (χ0) is 10.8. The zero-order valence-corrected chi connectivity index (χ0v) is 11.0. The second-order valence-electron chi connectivity index (χ2n) is 4.28. The van der Waals surface area contributed by atoms with Gasteiger partial charge in [0.1, 0.15) is 5.01 Å². The lowest BCUT2D eigenvalue weighted by atomic mass is 9.99. The van der Waals surface area contributed by atoms with E-state index in [0.29, 0.717) is 5.25 Å². The summed E-state index contributed by atoms with van der Waals surface area (Å²) in [6, 6.07) is 0.254. The van der Waals surface area contributed by atoms with Gasteiger partial charge in [-0.2, -0.15) is 11.8 Å². The molecule has 1 aliphatic rings. The second kappa shape index (κ2) is 4.85. The van der Waals surface area contributed by atoms with Crippen LogP contribution < -0.4 is 5.73 Å². The largest absolute Gasteiger partial charge is 0.323 e. The monoisotopic (exact) mass is 242 g/mol. The molecule has 0 aromatic carbocycles. The summed E-state index contributed by atoms with van der Waals surface area (Å²) >= 11 is 3.78. The van der Waals surface area contributed by atoms with Gasteiger partial charge in [-0.25, -0.2) is 4.98 Å². The van der Waals surface area contributed by atoms with Crippen LogP contribution in [0.2, 0.25) is 0 Å². The smallest absolute Gasteiger partial charge is 0.103 e. The Labute approximate surface area is 99.7 Å². The van der Waals surface area contributed by atoms with Crippen LogP contribution >= 0.6 is 23.1 Å². The lowest BCUT2D eigenvalue weighted by molar-refractivity contribution is 0.573. The molecule has 0 aliphatic heterocycles. The quantitative estimate of drug-likeness (QED) is 0.885. The molecule has 0 saturated heterocycles. The van der Waals surface area contributed by atoms with Gasteiger partial charge in [-0.1, -0.05) is 13.8 Å². The molecule has 1 aromatic heterocycles. The minimum atomic E-state index is 0.254. The predicted molar refractivity (Wildman–Crippen MR) is 68.4 cm³/mol. The Balaban J connectivity index is 2.08. The lowest BCUT2D eigenvalue weighted by Crippen LogP contribution is -2.15. The maximum atomic E-state index is 6.08. The number of fused-ring (bicyclic) bond motifs is 1. The van der Waals surface area contributed by atoms with Crippen molar-refractivity contribution in [2.24, 2.45) is 5.73 Å². The van der Waals surface area contributed by atoms with Crippen molar-refractivity contribution < 1.29 is 0 Å². The number of thiazole rings is 1. The Morgan fingerprint density at radius 3 is 3.07 bits per heavy atom. The number of aryl methyl sites for hydroxylation is 1. The van der Waals surface area contributed by atoms with Crippen LogP contribution in [0.1, 0.15) is 48.3 Å². The third-order valence-electron chi connectivity index (χ3n) is 2.58. The van der Waals surface area contributed by atoms with Crippen molar-refractivity contribution in [1.29, 1.82) is 0 Å². The Kier molecular flexibility index (Phi) is 3.69. The van der Waals surface area contributed by atoms with E-state index < -0.39 is 0 Å². The fourth-order valence-electron chi connectivity index (χ4n) is 1.80. The van der Waals surface area contributed by atoms with Crippen molar-refractivity contribution in [1.82, 2.24) is 4.98 Å². The highest BCUT2D eigenvalue weighted by molar-refractivity contribution is 7.99. The van der Waals surface area contributed by atoms with E-state index in [4.69, 9.17) is 10.7 Å². The van der Waals surface area contributed by atoms with E-state index in [2.05, 4.69) is 13.8 Å². The molecule has 1 unspecified atom stereocenters. The molecule has 1 atom stereocenters. The van der Waals surface area contributed by atoms with Crippen LogP contribution in [0.5, 0.6) is 0 Å². The van der Waals surface area contributed by atoms with Gasteiger partial charge in [0.15, 0.2) is 0 Å². The van der Waals surface area contributed by atoms with Crippen LogP contribution in [-0.2, 0) is 12.2 Å². The van der Waals surface area contributed by atoms with Gasteiger partial charge < -0.3 is 5.73 Å². The van der Waals surface area contributed by atoms with Gasteiger partial charge in [-0.3, -0.25) is 0 Å². The molecule has 0 saturated carbocycles. The number of hydrogen-bond donors (Lipinski definition) is 1. The topological polar surface area (TPSA) is 38.9 Å². The van der Waals surface area contributed by atoms with Crippen molar-refractivity contribution in [2.75, 3.05) is 0 Å². The minimum Gasteiger partial charge on any atom is -0.323 e. The molecular formula is C11H18N2S2. The van der Waals surface area contributed by atoms with Crippen LogP contribution in [-0.4, -0.2) is 10.2 Å². The van der Waals surface area contributed by atoms with Gasteiger partial charge in [-0.05, 0) is 24.5 Å². The van der Waals surface area contributed by atoms with Crippen LogP contribution in [0, 0.1) is 0 Å². The van der Waals surface area contributed by atoms with Crippen molar-refractivity contribution in [3.8, 4) is 0 Å². The number of thioether (sulfide) groups is 1. The first-order valence-electron chi connectivity index (χ1n) is 5.52. The third kappa shape index (κ3) is 2.74. The number of aromatic nitrogens is 1. The van der Waals surface area contributed by atoms with Crippen molar-refractivity contribution >= 4 is 23.1 Å². The molecule has 0 radical (unpaired) electrons.